The second-order valence-electron chi connectivity index (χ2n) is 7.87. The van der Waals surface area contributed by atoms with E-state index >= 15 is 0 Å². The van der Waals surface area contributed by atoms with E-state index in [1.807, 2.05) is 18.2 Å². The molecule has 6 nitrogen and oxygen atoms in total. The van der Waals surface area contributed by atoms with Crippen molar-refractivity contribution < 1.29 is 24.1 Å². The minimum absolute atomic E-state index is 0.289. The van der Waals surface area contributed by atoms with Crippen molar-refractivity contribution in [1.29, 1.82) is 0 Å². The Labute approximate surface area is 172 Å². The number of nitrogens with one attached hydrogen (secondary N) is 1. The van der Waals surface area contributed by atoms with Gasteiger partial charge < -0.3 is 24.6 Å². The van der Waals surface area contributed by atoms with E-state index in [-0.39, 0.29) is 5.97 Å². The molecule has 158 valence electrons. The van der Waals surface area contributed by atoms with Crippen LogP contribution in [-0.4, -0.2) is 38.4 Å². The second-order valence-corrected chi connectivity index (χ2v) is 7.87. The summed E-state index contributed by atoms with van der Waals surface area (Å²) in [5.74, 6) is 1.60. The van der Waals surface area contributed by atoms with E-state index in [0.29, 0.717) is 30.3 Å². The Bertz CT molecular complexity index is 796. The maximum Gasteiger partial charge on any atom is 0.316 e. The van der Waals surface area contributed by atoms with E-state index in [9.17, 15) is 9.90 Å². The molecular formula is C23H31NO5. The van der Waals surface area contributed by atoms with Crippen molar-refractivity contribution in [2.75, 3.05) is 27.3 Å². The highest BCUT2D eigenvalue weighted by molar-refractivity contribution is 5.77. The quantitative estimate of drug-likeness (QED) is 0.380. The van der Waals surface area contributed by atoms with Crippen LogP contribution in [0.15, 0.2) is 42.5 Å². The van der Waals surface area contributed by atoms with E-state index in [1.54, 1.807) is 59.3 Å². The van der Waals surface area contributed by atoms with Gasteiger partial charge in [0.25, 0.3) is 0 Å². The average Bonchev–Trinajstić information content (AvgIpc) is 2.70. The van der Waals surface area contributed by atoms with Crippen LogP contribution >= 0.6 is 0 Å². The fourth-order valence-corrected chi connectivity index (χ4v) is 2.64. The largest absolute Gasteiger partial charge is 0.493 e. The van der Waals surface area contributed by atoms with Crippen LogP contribution in [0.25, 0.3) is 0 Å². The maximum absolute atomic E-state index is 11.9. The van der Waals surface area contributed by atoms with Gasteiger partial charge in [-0.25, -0.2) is 0 Å². The van der Waals surface area contributed by atoms with Gasteiger partial charge >= 0.3 is 5.97 Å². The molecule has 0 amide bonds. The third-order valence-corrected chi connectivity index (χ3v) is 4.46. The summed E-state index contributed by atoms with van der Waals surface area (Å²) in [6.45, 7) is 6.56. The zero-order valence-corrected chi connectivity index (χ0v) is 17.8. The molecule has 29 heavy (non-hydrogen) atoms. The molecule has 0 radical (unpaired) electrons. The number of carbonyl (C=O) groups is 1. The number of rotatable bonds is 9. The van der Waals surface area contributed by atoms with Crippen molar-refractivity contribution in [3.05, 3.63) is 53.6 Å². The highest BCUT2D eigenvalue weighted by atomic mass is 16.5. The fourth-order valence-electron chi connectivity index (χ4n) is 2.64. The number of carbonyl (C=O) groups excluding carboxylic acids is 1. The van der Waals surface area contributed by atoms with E-state index in [1.165, 1.54) is 0 Å². The van der Waals surface area contributed by atoms with Crippen LogP contribution in [0, 0.1) is 5.41 Å². The Balaban J connectivity index is 1.80. The lowest BCUT2D eigenvalue weighted by Crippen LogP contribution is -2.25. The fraction of sp³-hybridized carbons (Fsp3) is 0.435. The molecule has 6 heteroatoms. The Morgan fingerprint density at radius 3 is 2.28 bits per heavy atom. The zero-order valence-electron chi connectivity index (χ0n) is 17.8. The van der Waals surface area contributed by atoms with Crippen molar-refractivity contribution in [2.45, 2.75) is 33.3 Å². The van der Waals surface area contributed by atoms with Crippen LogP contribution < -0.4 is 19.5 Å². The summed E-state index contributed by atoms with van der Waals surface area (Å²) in [5, 5.41) is 13.6. The normalized spacial score (nSPS) is 12.3. The van der Waals surface area contributed by atoms with Gasteiger partial charge in [0.2, 0.25) is 0 Å². The van der Waals surface area contributed by atoms with Crippen LogP contribution in [0.4, 0.5) is 0 Å². The summed E-state index contributed by atoms with van der Waals surface area (Å²) < 4.78 is 15.9. The Hall–Kier alpha value is -2.57. The van der Waals surface area contributed by atoms with Crippen molar-refractivity contribution in [1.82, 2.24) is 5.32 Å². The highest BCUT2D eigenvalue weighted by Crippen LogP contribution is 2.27. The summed E-state index contributed by atoms with van der Waals surface area (Å²) >= 11 is 0. The monoisotopic (exact) mass is 401 g/mol. The minimum Gasteiger partial charge on any atom is -0.493 e. The first-order chi connectivity index (χ1) is 13.7. The molecule has 0 fully saturated rings. The molecule has 0 aliphatic rings. The van der Waals surface area contributed by atoms with Gasteiger partial charge in [-0.3, -0.25) is 4.79 Å². The van der Waals surface area contributed by atoms with Crippen molar-refractivity contribution in [2.24, 2.45) is 5.41 Å². The van der Waals surface area contributed by atoms with Gasteiger partial charge in [-0.2, -0.15) is 0 Å². The molecule has 0 saturated carbocycles. The zero-order chi connectivity index (χ0) is 21.4. The number of hydrogen-bond donors (Lipinski definition) is 2. The Morgan fingerprint density at radius 2 is 1.69 bits per heavy atom. The lowest BCUT2D eigenvalue weighted by Gasteiger charge is -2.17. The van der Waals surface area contributed by atoms with Crippen LogP contribution in [0.5, 0.6) is 17.2 Å². The first-order valence-electron chi connectivity index (χ1n) is 9.66. The topological polar surface area (TPSA) is 77.0 Å². The van der Waals surface area contributed by atoms with Crippen molar-refractivity contribution in [3.63, 3.8) is 0 Å². The smallest absolute Gasteiger partial charge is 0.316 e. The molecular weight excluding hydrogens is 370 g/mol. The minimum atomic E-state index is -0.646. The number of benzene rings is 2. The second kappa shape index (κ2) is 10.3. The molecule has 0 aromatic heterocycles. The first-order valence-corrected chi connectivity index (χ1v) is 9.66. The standard InChI is InChI=1S/C23H31NO5/c1-23(2,3)22(26)29-18-9-7-17(8-10-18)19(25)15-24-13-12-16-6-11-20(27-4)21(14-16)28-5/h6-11,14,19,24-25H,12-13,15H2,1-5H3. The number of hydrogen-bond acceptors (Lipinski definition) is 6. The predicted octanol–water partition coefficient (Wildman–Crippen LogP) is 3.52. The molecule has 1 unspecified atom stereocenters. The summed E-state index contributed by atoms with van der Waals surface area (Å²) in [4.78, 5) is 11.9. The van der Waals surface area contributed by atoms with Crippen LogP contribution in [0.2, 0.25) is 0 Å². The van der Waals surface area contributed by atoms with Gasteiger partial charge in [0.05, 0.1) is 25.7 Å². The van der Waals surface area contributed by atoms with E-state index in [0.717, 1.165) is 17.5 Å². The van der Waals surface area contributed by atoms with Gasteiger partial charge in [-0.15, -0.1) is 0 Å². The van der Waals surface area contributed by atoms with E-state index in [4.69, 9.17) is 14.2 Å². The summed E-state index contributed by atoms with van der Waals surface area (Å²) in [6.07, 6.45) is 0.155. The number of ether oxygens (including phenoxy) is 3. The number of methoxy groups -OCH3 is 2. The van der Waals surface area contributed by atoms with Crippen LogP contribution in [-0.2, 0) is 11.2 Å². The van der Waals surface area contributed by atoms with Gasteiger partial charge in [0.15, 0.2) is 11.5 Å². The highest BCUT2D eigenvalue weighted by Gasteiger charge is 2.23. The maximum atomic E-state index is 11.9. The Kier molecular flexibility index (Phi) is 8.05. The molecule has 2 aromatic carbocycles. The molecule has 1 atom stereocenters. The summed E-state index contributed by atoms with van der Waals surface area (Å²) in [7, 11) is 3.23. The van der Waals surface area contributed by atoms with E-state index in [2.05, 4.69) is 5.32 Å². The van der Waals surface area contributed by atoms with Crippen LogP contribution in [0.1, 0.15) is 38.0 Å². The summed E-state index contributed by atoms with van der Waals surface area (Å²) in [5.41, 5.74) is 1.32. The van der Waals surface area contributed by atoms with Crippen molar-refractivity contribution >= 4 is 5.97 Å². The molecule has 2 rings (SSSR count). The van der Waals surface area contributed by atoms with Crippen LogP contribution in [0.3, 0.4) is 0 Å². The first kappa shape index (κ1) is 22.7. The molecule has 2 aromatic rings. The summed E-state index contributed by atoms with van der Waals surface area (Å²) in [6, 6.07) is 12.8. The molecule has 0 saturated heterocycles. The Morgan fingerprint density at radius 1 is 1.03 bits per heavy atom. The average molecular weight is 402 g/mol. The van der Waals surface area contributed by atoms with Gasteiger partial charge in [-0.05, 0) is 69.1 Å². The third kappa shape index (κ3) is 6.76. The number of aliphatic hydroxyl groups excluding tert-OH is 1. The molecule has 0 bridgehead atoms. The number of esters is 1. The molecule has 0 aliphatic heterocycles. The van der Waals surface area contributed by atoms with Gasteiger partial charge in [0.1, 0.15) is 5.75 Å². The van der Waals surface area contributed by atoms with Gasteiger partial charge in [0, 0.05) is 6.54 Å². The lowest BCUT2D eigenvalue weighted by molar-refractivity contribution is -0.142. The molecule has 0 aliphatic carbocycles. The SMILES string of the molecule is COc1ccc(CCNCC(O)c2ccc(OC(=O)C(C)(C)C)cc2)cc1OC. The number of aliphatic hydroxyl groups is 1. The van der Waals surface area contributed by atoms with Crippen molar-refractivity contribution in [3.8, 4) is 17.2 Å². The lowest BCUT2D eigenvalue weighted by atomic mass is 9.97. The molecule has 2 N–H and O–H groups in total. The van der Waals surface area contributed by atoms with Gasteiger partial charge in [-0.1, -0.05) is 18.2 Å². The van der Waals surface area contributed by atoms with E-state index < -0.39 is 11.5 Å². The molecule has 0 heterocycles. The predicted molar refractivity (Wildman–Crippen MR) is 113 cm³/mol. The molecule has 0 spiro atoms. The third-order valence-electron chi connectivity index (χ3n) is 4.46.